The van der Waals surface area contributed by atoms with Crippen LogP contribution in [0.5, 0.6) is 11.8 Å². The van der Waals surface area contributed by atoms with Gasteiger partial charge in [-0.25, -0.2) is 24.9 Å². The topological polar surface area (TPSA) is 138 Å². The zero-order valence-electron chi connectivity index (χ0n) is 47.3. The summed E-state index contributed by atoms with van der Waals surface area (Å²) in [5, 5.41) is 28.2. The molecule has 0 saturated heterocycles. The Labute approximate surface area is 467 Å². The van der Waals surface area contributed by atoms with E-state index in [1.165, 1.54) is 16.7 Å². The molecule has 4 aromatic rings. The minimum Gasteiger partial charge on any atom is -0.860 e. The monoisotopic (exact) mass is 1070 g/mol. The van der Waals surface area contributed by atoms with Crippen molar-refractivity contribution < 1.29 is 39.3 Å². The zero-order chi connectivity index (χ0) is 54.4. The number of fused-ring (bicyclic) bond motifs is 6. The predicted molar refractivity (Wildman–Crippen MR) is 308 cm³/mol. The van der Waals surface area contributed by atoms with E-state index in [-0.39, 0.29) is 75.3 Å². The average molecular weight is 1080 g/mol. The number of nitrogens with zero attached hydrogens (tertiary/aromatic N) is 6. The molecule has 2 amide bonds. The van der Waals surface area contributed by atoms with Crippen molar-refractivity contribution in [1.82, 2.24) is 9.47 Å². The van der Waals surface area contributed by atoms with Crippen molar-refractivity contribution in [3.8, 4) is 11.8 Å². The summed E-state index contributed by atoms with van der Waals surface area (Å²) in [6, 6.07) is 16.3. The number of rotatable bonds is 10. The molecule has 10 rings (SSSR count). The van der Waals surface area contributed by atoms with Gasteiger partial charge in [-0.3, -0.25) is 9.59 Å². The largest absolute Gasteiger partial charge is 2.00 e. The summed E-state index contributed by atoms with van der Waals surface area (Å²) < 4.78 is 1.26. The van der Waals surface area contributed by atoms with Gasteiger partial charge in [0.15, 0.2) is 0 Å². The first-order valence-electron chi connectivity index (χ1n) is 27.1. The molecule has 0 unspecified atom stereocenters. The van der Waals surface area contributed by atoms with Crippen molar-refractivity contribution in [3.63, 3.8) is 0 Å². The number of allylic oxidation sites excluding steroid dienone is 11. The number of aliphatic imine (C=N–C) groups is 4. The average Bonchev–Trinajstić information content (AvgIpc) is 4.26. The third-order valence-corrected chi connectivity index (χ3v) is 15.3. The number of hydrogen-bond acceptors (Lipinski definition) is 8. The summed E-state index contributed by atoms with van der Waals surface area (Å²) in [6.07, 6.45) is 23.5. The van der Waals surface area contributed by atoms with Gasteiger partial charge in [-0.15, -0.1) is 0 Å². The molecule has 77 heavy (non-hydrogen) atoms. The van der Waals surface area contributed by atoms with Gasteiger partial charge in [-0.1, -0.05) is 159 Å². The molecule has 8 bridgehead atoms. The summed E-state index contributed by atoms with van der Waals surface area (Å²) in [5.41, 5.74) is 12.3. The van der Waals surface area contributed by atoms with Crippen LogP contribution in [0, 0.1) is 0 Å². The Bertz CT molecular complexity index is 3400. The smallest absolute Gasteiger partial charge is 0.860 e. The number of imide groups is 1. The van der Waals surface area contributed by atoms with E-state index < -0.39 is 23.6 Å². The molecule has 0 aliphatic carbocycles. The van der Waals surface area contributed by atoms with Crippen LogP contribution in [0.3, 0.4) is 0 Å². The number of unbranched alkanes of at least 4 members (excludes halogenated alkanes) is 5. The maximum absolute atomic E-state index is 15.2. The standard InChI is InChI=1S/C66H72N6O4.Zn/c1-14-15-16-17-18-19-28-71-59(73)46-36-48-49(37-47(46)60(71)74)62(76)72(61(48)75)58-54-26-24-52(69-54)56(38-29-40(63(2,3)4)33-41(30-38)64(5,6)7)50-22-20-44(67-50)35-45-21-23-51(68-45)57(53-25-27-55(58)70-53)39-31-42(65(8,9)10)34-43(32-39)66(11,12)13;/h20-27,29-37,73-74H,14-19,28H2,1-13H3;/q;+2/p-2. The molecule has 0 N–H and O–H groups in total. The summed E-state index contributed by atoms with van der Waals surface area (Å²) in [5.74, 6) is -2.18. The number of carbonyl (C=O) groups is 2. The van der Waals surface area contributed by atoms with E-state index in [9.17, 15) is 10.2 Å². The van der Waals surface area contributed by atoms with E-state index in [0.29, 0.717) is 40.6 Å². The van der Waals surface area contributed by atoms with E-state index in [1.54, 1.807) is 0 Å². The van der Waals surface area contributed by atoms with Crippen molar-refractivity contribution in [3.05, 3.63) is 176 Å². The Balaban J connectivity index is 0.00000722. The van der Waals surface area contributed by atoms with Crippen molar-refractivity contribution >= 4 is 56.6 Å². The predicted octanol–water partition coefficient (Wildman–Crippen LogP) is 13.9. The maximum atomic E-state index is 15.2. The molecule has 6 aliphatic heterocycles. The van der Waals surface area contributed by atoms with Crippen molar-refractivity contribution in [2.75, 3.05) is 0 Å². The van der Waals surface area contributed by atoms with E-state index in [2.05, 4.69) is 126 Å². The summed E-state index contributed by atoms with van der Waals surface area (Å²) in [4.78, 5) is 52.8. The molecule has 1 aromatic heterocycles. The van der Waals surface area contributed by atoms with Gasteiger partial charge in [0.2, 0.25) is 0 Å². The van der Waals surface area contributed by atoms with E-state index in [0.717, 1.165) is 92.9 Å². The Hall–Kier alpha value is -6.84. The molecular formula is C66H70N6O4Zn. The second kappa shape index (κ2) is 20.2. The van der Waals surface area contributed by atoms with Gasteiger partial charge in [0.1, 0.15) is 5.70 Å². The Morgan fingerprint density at radius 3 is 1.42 bits per heavy atom. The number of aromatic nitrogens is 1. The van der Waals surface area contributed by atoms with Crippen LogP contribution >= 0.6 is 0 Å². The molecule has 3 aromatic carbocycles. The fourth-order valence-electron chi connectivity index (χ4n) is 10.6. The molecule has 7 heterocycles. The summed E-state index contributed by atoms with van der Waals surface area (Å²) in [7, 11) is 0. The van der Waals surface area contributed by atoms with Gasteiger partial charge in [-0.2, -0.15) is 0 Å². The summed E-state index contributed by atoms with van der Waals surface area (Å²) in [6.45, 7) is 29.0. The Kier molecular flexibility index (Phi) is 14.4. The zero-order valence-corrected chi connectivity index (χ0v) is 50.3. The van der Waals surface area contributed by atoms with E-state index >= 15 is 9.59 Å². The van der Waals surface area contributed by atoms with Gasteiger partial charge in [0, 0.05) is 17.7 Å². The van der Waals surface area contributed by atoms with Gasteiger partial charge >= 0.3 is 19.5 Å². The third kappa shape index (κ3) is 10.4. The molecule has 0 saturated carbocycles. The molecule has 0 fully saturated rings. The van der Waals surface area contributed by atoms with E-state index in [4.69, 9.17) is 20.0 Å². The van der Waals surface area contributed by atoms with Crippen LogP contribution in [0.2, 0.25) is 0 Å². The first kappa shape index (κ1) is 54.9. The van der Waals surface area contributed by atoms with Crippen molar-refractivity contribution in [1.29, 1.82) is 0 Å². The fraction of sp³-hybridized carbons (Fsp3) is 0.364. The molecule has 390 valence electrons. The normalized spacial score (nSPS) is 17.3. The summed E-state index contributed by atoms with van der Waals surface area (Å²) >= 11 is 0. The van der Waals surface area contributed by atoms with Crippen LogP contribution < -0.4 is 10.2 Å². The Morgan fingerprint density at radius 1 is 0.468 bits per heavy atom. The number of hydrogen-bond donors (Lipinski definition) is 0. The van der Waals surface area contributed by atoms with Gasteiger partial charge < -0.3 is 14.8 Å². The van der Waals surface area contributed by atoms with Gasteiger partial charge in [0.05, 0.1) is 56.8 Å². The van der Waals surface area contributed by atoms with Crippen LogP contribution in [0.1, 0.15) is 183 Å². The molecule has 0 atom stereocenters. The number of benzene rings is 3. The van der Waals surface area contributed by atoms with Gasteiger partial charge in [-0.05, 0) is 151 Å². The second-order valence-electron chi connectivity index (χ2n) is 25.2. The molecule has 0 spiro atoms. The van der Waals surface area contributed by atoms with Crippen LogP contribution in [-0.4, -0.2) is 44.1 Å². The minimum atomic E-state index is -0.634. The number of carbonyl (C=O) groups excluding carboxylic acids is 2. The van der Waals surface area contributed by atoms with Crippen LogP contribution in [0.15, 0.2) is 152 Å². The molecular weight excluding hydrogens is 1010 g/mol. The fourth-order valence-corrected chi connectivity index (χ4v) is 10.6. The van der Waals surface area contributed by atoms with Crippen molar-refractivity contribution in [2.24, 2.45) is 20.0 Å². The SMILES string of the molecule is CCCCCCCCn1c([O-])c2cc3c(cc2c1[O-])C(=O)N(C1=C2C=CC(=N2)C(c2cc(C(C)(C)C)cc(C(C)(C)C)c2)=C2C=CC(=N2)C=C2C=CC(=N2)C(c2cc(C(C)(C)C)cc(C(C)(C)C)c2)=C2C=CC1=N2)C3=O.[Zn+2]. The first-order valence-corrected chi connectivity index (χ1v) is 27.1. The quantitative estimate of drug-likeness (QED) is 0.0887. The maximum Gasteiger partial charge on any atom is 2.00 e. The minimum absolute atomic E-state index is 0. The number of amides is 2. The Morgan fingerprint density at radius 2 is 0.896 bits per heavy atom. The third-order valence-electron chi connectivity index (χ3n) is 15.3. The molecule has 10 nitrogen and oxygen atoms in total. The van der Waals surface area contributed by atoms with Gasteiger partial charge in [0.25, 0.3) is 11.8 Å². The molecule has 6 aliphatic rings. The molecule has 0 radical (unpaired) electrons. The van der Waals surface area contributed by atoms with E-state index in [1.807, 2.05) is 54.7 Å². The van der Waals surface area contributed by atoms with Crippen LogP contribution in [0.25, 0.3) is 21.9 Å². The van der Waals surface area contributed by atoms with Crippen LogP contribution in [-0.2, 0) is 47.7 Å². The second-order valence-corrected chi connectivity index (χ2v) is 25.2. The first-order chi connectivity index (χ1) is 35.8. The molecule has 11 heteroatoms. The van der Waals surface area contributed by atoms with Crippen LogP contribution in [0.4, 0.5) is 0 Å². The van der Waals surface area contributed by atoms with Crippen molar-refractivity contribution in [2.45, 2.75) is 157 Å².